The number of carbonyl (C=O) groups is 3. The fourth-order valence-electron chi connectivity index (χ4n) is 2.18. The molecule has 0 aromatic heterocycles. The lowest BCUT2D eigenvalue weighted by Gasteiger charge is -2.10. The highest BCUT2D eigenvalue weighted by Crippen LogP contribution is 2.13. The Labute approximate surface area is 168 Å². The topological polar surface area (TPSA) is 93.7 Å². The van der Waals surface area contributed by atoms with Crippen molar-refractivity contribution in [3.8, 4) is 0 Å². The van der Waals surface area contributed by atoms with Crippen LogP contribution >= 0.6 is 12.2 Å². The molecule has 7 nitrogen and oxygen atoms in total. The monoisotopic (exact) mass is 400 g/mol. The standard InChI is InChI=1S/C20H20N2O5S/c1-3-26-19(24)13-5-9-15(10-6-13)21-17(23)18(28)22-16-11-7-14(8-12-16)20(25)27-4-2/h5-12H,3-4H2,1-2H3,(H,21,23)(H,22,28). The lowest BCUT2D eigenvalue weighted by molar-refractivity contribution is -0.110. The van der Waals surface area contributed by atoms with Gasteiger partial charge in [-0.25, -0.2) is 9.59 Å². The molecule has 2 rings (SSSR count). The van der Waals surface area contributed by atoms with Crippen molar-refractivity contribution in [3.05, 3.63) is 59.7 Å². The van der Waals surface area contributed by atoms with E-state index in [9.17, 15) is 14.4 Å². The second kappa shape index (κ2) is 10.2. The first kappa shape index (κ1) is 21.0. The van der Waals surface area contributed by atoms with Crippen LogP contribution < -0.4 is 10.6 Å². The molecule has 0 aliphatic heterocycles. The predicted molar refractivity (Wildman–Crippen MR) is 110 cm³/mol. The Morgan fingerprint density at radius 3 is 1.54 bits per heavy atom. The Kier molecular flexibility index (Phi) is 7.65. The number of carbonyl (C=O) groups excluding carboxylic acids is 3. The van der Waals surface area contributed by atoms with Gasteiger partial charge in [0.25, 0.3) is 5.91 Å². The van der Waals surface area contributed by atoms with E-state index in [1.807, 2.05) is 0 Å². The van der Waals surface area contributed by atoms with Crippen LogP contribution in [0.4, 0.5) is 11.4 Å². The molecule has 1 amide bonds. The molecule has 0 spiro atoms. The van der Waals surface area contributed by atoms with Crippen LogP contribution in [0, 0.1) is 0 Å². The van der Waals surface area contributed by atoms with Gasteiger partial charge in [0.2, 0.25) is 0 Å². The van der Waals surface area contributed by atoms with Crippen molar-refractivity contribution in [1.82, 2.24) is 0 Å². The first-order chi connectivity index (χ1) is 13.4. The van der Waals surface area contributed by atoms with E-state index in [2.05, 4.69) is 10.6 Å². The fourth-order valence-corrected chi connectivity index (χ4v) is 2.35. The number of anilines is 2. The Morgan fingerprint density at radius 2 is 1.14 bits per heavy atom. The minimum absolute atomic E-state index is 0.0432. The summed E-state index contributed by atoms with van der Waals surface area (Å²) >= 11 is 5.10. The van der Waals surface area contributed by atoms with Gasteiger partial charge in [-0.2, -0.15) is 0 Å². The van der Waals surface area contributed by atoms with Gasteiger partial charge in [-0.3, -0.25) is 4.79 Å². The maximum Gasteiger partial charge on any atom is 0.338 e. The second-order valence-electron chi connectivity index (χ2n) is 5.50. The number of hydrogen-bond acceptors (Lipinski definition) is 6. The predicted octanol–water partition coefficient (Wildman–Crippen LogP) is 3.42. The normalized spacial score (nSPS) is 9.93. The summed E-state index contributed by atoms with van der Waals surface area (Å²) in [7, 11) is 0. The maximum atomic E-state index is 12.2. The van der Waals surface area contributed by atoms with Crippen LogP contribution in [0.15, 0.2) is 48.5 Å². The largest absolute Gasteiger partial charge is 0.462 e. The maximum absolute atomic E-state index is 12.2. The van der Waals surface area contributed by atoms with Gasteiger partial charge in [-0.05, 0) is 62.4 Å². The molecule has 0 heterocycles. The van der Waals surface area contributed by atoms with Gasteiger partial charge >= 0.3 is 11.9 Å². The number of rotatable bonds is 6. The van der Waals surface area contributed by atoms with Crippen LogP contribution in [0.5, 0.6) is 0 Å². The SMILES string of the molecule is CCOC(=O)c1ccc(NC(=O)C(=S)Nc2ccc(C(=O)OCC)cc2)cc1. The summed E-state index contributed by atoms with van der Waals surface area (Å²) in [6, 6.07) is 12.7. The van der Waals surface area contributed by atoms with Gasteiger partial charge in [0, 0.05) is 11.4 Å². The fraction of sp³-hybridized carbons (Fsp3) is 0.200. The average Bonchev–Trinajstić information content (AvgIpc) is 2.69. The molecule has 0 saturated heterocycles. The summed E-state index contributed by atoms with van der Waals surface area (Å²) in [6.07, 6.45) is 0. The average molecular weight is 400 g/mol. The van der Waals surface area contributed by atoms with Crippen molar-refractivity contribution in [2.24, 2.45) is 0 Å². The summed E-state index contributed by atoms with van der Waals surface area (Å²) < 4.78 is 9.82. The van der Waals surface area contributed by atoms with E-state index < -0.39 is 17.8 Å². The highest BCUT2D eigenvalue weighted by atomic mass is 32.1. The lowest BCUT2D eigenvalue weighted by Crippen LogP contribution is -2.27. The molecular formula is C20H20N2O5S. The van der Waals surface area contributed by atoms with Gasteiger partial charge in [-0.1, -0.05) is 12.2 Å². The first-order valence-electron chi connectivity index (χ1n) is 8.61. The summed E-state index contributed by atoms with van der Waals surface area (Å²) in [5.41, 5.74) is 1.84. The Balaban J connectivity index is 1.93. The van der Waals surface area contributed by atoms with Gasteiger partial charge in [0.15, 0.2) is 4.99 Å². The highest BCUT2D eigenvalue weighted by Gasteiger charge is 2.12. The minimum atomic E-state index is -0.506. The molecule has 0 unspecified atom stereocenters. The zero-order valence-electron chi connectivity index (χ0n) is 15.5. The van der Waals surface area contributed by atoms with Crippen LogP contribution in [-0.2, 0) is 14.3 Å². The number of esters is 2. The van der Waals surface area contributed by atoms with Gasteiger partial charge in [0.1, 0.15) is 0 Å². The molecule has 0 radical (unpaired) electrons. The molecule has 2 aromatic carbocycles. The molecule has 2 N–H and O–H groups in total. The summed E-state index contributed by atoms with van der Waals surface area (Å²) in [4.78, 5) is 35.4. The van der Waals surface area contributed by atoms with Gasteiger partial charge in [0.05, 0.1) is 24.3 Å². The smallest absolute Gasteiger partial charge is 0.338 e. The third-order valence-corrected chi connectivity index (χ3v) is 3.80. The molecule has 0 fully saturated rings. The van der Waals surface area contributed by atoms with E-state index in [4.69, 9.17) is 21.7 Å². The van der Waals surface area contributed by atoms with Crippen LogP contribution in [0.3, 0.4) is 0 Å². The van der Waals surface area contributed by atoms with E-state index in [1.165, 1.54) is 0 Å². The molecule has 28 heavy (non-hydrogen) atoms. The highest BCUT2D eigenvalue weighted by molar-refractivity contribution is 7.82. The van der Waals surface area contributed by atoms with Crippen molar-refractivity contribution < 1.29 is 23.9 Å². The first-order valence-corrected chi connectivity index (χ1v) is 9.02. The molecule has 0 aliphatic rings. The van der Waals surface area contributed by atoms with Crippen molar-refractivity contribution in [2.75, 3.05) is 23.8 Å². The van der Waals surface area contributed by atoms with Crippen LogP contribution in [-0.4, -0.2) is 36.0 Å². The second-order valence-corrected chi connectivity index (χ2v) is 5.91. The number of ether oxygens (including phenoxy) is 2. The summed E-state index contributed by atoms with van der Waals surface area (Å²) in [5, 5.41) is 5.44. The number of amides is 1. The number of hydrogen-bond donors (Lipinski definition) is 2. The molecule has 0 atom stereocenters. The number of benzene rings is 2. The van der Waals surface area contributed by atoms with Gasteiger partial charge < -0.3 is 20.1 Å². The van der Waals surface area contributed by atoms with Crippen LogP contribution in [0.25, 0.3) is 0 Å². The number of nitrogens with one attached hydrogen (secondary N) is 2. The molecule has 0 aliphatic carbocycles. The van der Waals surface area contributed by atoms with E-state index in [0.717, 1.165) is 0 Å². The van der Waals surface area contributed by atoms with Crippen molar-refractivity contribution in [1.29, 1.82) is 0 Å². The Morgan fingerprint density at radius 1 is 0.750 bits per heavy atom. The van der Waals surface area contributed by atoms with Crippen molar-refractivity contribution in [2.45, 2.75) is 13.8 Å². The summed E-state index contributed by atoms with van der Waals surface area (Å²) in [5.74, 6) is -1.35. The molecular weight excluding hydrogens is 380 g/mol. The summed E-state index contributed by atoms with van der Waals surface area (Å²) in [6.45, 7) is 4.04. The van der Waals surface area contributed by atoms with Crippen LogP contribution in [0.2, 0.25) is 0 Å². The third-order valence-electron chi connectivity index (χ3n) is 3.51. The molecule has 0 saturated carbocycles. The quantitative estimate of drug-likeness (QED) is 0.567. The van der Waals surface area contributed by atoms with Crippen molar-refractivity contribution in [3.63, 3.8) is 0 Å². The Bertz CT molecular complexity index is 790. The minimum Gasteiger partial charge on any atom is -0.462 e. The molecule has 8 heteroatoms. The molecule has 0 bridgehead atoms. The van der Waals surface area contributed by atoms with Crippen LogP contribution in [0.1, 0.15) is 34.6 Å². The molecule has 146 valence electrons. The Hall–Kier alpha value is -3.26. The zero-order valence-corrected chi connectivity index (χ0v) is 16.3. The third kappa shape index (κ3) is 5.88. The number of thiocarbonyl (C=S) groups is 1. The van der Waals surface area contributed by atoms with Gasteiger partial charge in [-0.15, -0.1) is 0 Å². The van der Waals surface area contributed by atoms with E-state index in [0.29, 0.717) is 29.1 Å². The van der Waals surface area contributed by atoms with Crippen molar-refractivity contribution >= 4 is 46.4 Å². The molecule has 2 aromatic rings. The lowest BCUT2D eigenvalue weighted by atomic mass is 10.2. The van der Waals surface area contributed by atoms with E-state index in [-0.39, 0.29) is 11.6 Å². The van der Waals surface area contributed by atoms with E-state index >= 15 is 0 Å². The van der Waals surface area contributed by atoms with E-state index in [1.54, 1.807) is 62.4 Å². The zero-order chi connectivity index (χ0) is 20.5.